The molecule has 0 aromatic rings. The molecule has 0 aromatic heterocycles. The number of unbranched alkanes of at least 4 members (excludes halogenated alkanes) is 52. The van der Waals surface area contributed by atoms with Crippen LogP contribution in [0.4, 0.5) is 0 Å². The van der Waals surface area contributed by atoms with Crippen molar-refractivity contribution in [3.8, 4) is 0 Å². The van der Waals surface area contributed by atoms with Crippen molar-refractivity contribution in [3.63, 3.8) is 0 Å². The highest BCUT2D eigenvalue weighted by atomic mass is 32.2. The Hall–Kier alpha value is -0.460. The van der Waals surface area contributed by atoms with Gasteiger partial charge in [0.2, 0.25) is 5.12 Å². The molecule has 0 rings (SSSR count). The quantitative estimate of drug-likeness (QED) is 0.0346. The van der Waals surface area contributed by atoms with E-state index in [9.17, 15) is 30.0 Å². The van der Waals surface area contributed by atoms with Gasteiger partial charge >= 0.3 is 0 Å². The number of aliphatic hydroxyl groups is 4. The monoisotopic (exact) mass is 1320 g/mol. The predicted octanol–water partition coefficient (Wildman–Crippen LogP) is 24.0. The van der Waals surface area contributed by atoms with E-state index in [1.807, 2.05) is 0 Å². The molecule has 10 heteroatoms. The van der Waals surface area contributed by atoms with Gasteiger partial charge in [0.25, 0.3) is 0 Å². The largest absolute Gasteiger partial charge is 0.392 e. The average molecular weight is 1320 g/mol. The van der Waals surface area contributed by atoms with Crippen LogP contribution in [0.3, 0.4) is 0 Å². The minimum Gasteiger partial charge on any atom is -0.392 e. The van der Waals surface area contributed by atoms with E-state index in [1.54, 1.807) is 6.08 Å². The lowest BCUT2D eigenvalue weighted by Gasteiger charge is -2.27. The van der Waals surface area contributed by atoms with Crippen molar-refractivity contribution in [2.24, 2.45) is 0 Å². The van der Waals surface area contributed by atoms with Crippen molar-refractivity contribution >= 4 is 33.8 Å². The molecule has 0 saturated heterocycles. The van der Waals surface area contributed by atoms with Crippen molar-refractivity contribution in [2.75, 3.05) is 50.8 Å². The van der Waals surface area contributed by atoms with Gasteiger partial charge in [-0.2, -0.15) is 0 Å². The standard InChI is InChI=1S/C81H160N2O6S2/c1-5-9-13-17-21-25-29-33-37-41-45-49-53-57-62-76(84)72-82(73-77(85)63-58-54-50-46-42-38-34-30-26-22-18-14-10-6-2)68-70-90-80(88)66-61-67-81(89)91-71-69-83(74-78(86)64-59-55-51-47-43-39-35-31-27-23-19-15-11-7-3)75-79(87)65-60-56-52-48-44-40-36-32-28-24-20-16-12-8-4/h61,66,76-79,84-87H,5-60,62-65,67-75H2,1-4H3/b66-61+. The smallest absolute Gasteiger partial charge is 0.211 e. The number of carbonyl (C=O) groups excluding carboxylic acids is 2. The van der Waals surface area contributed by atoms with Crippen molar-refractivity contribution in [1.82, 2.24) is 9.80 Å². The summed E-state index contributed by atoms with van der Waals surface area (Å²) in [6.45, 7) is 12.4. The highest BCUT2D eigenvalue weighted by Crippen LogP contribution is 2.21. The third-order valence-corrected chi connectivity index (χ3v) is 21.0. The summed E-state index contributed by atoms with van der Waals surface area (Å²) >= 11 is 2.53. The Bertz CT molecular complexity index is 1390. The number of hydrogen-bond acceptors (Lipinski definition) is 10. The maximum Gasteiger partial charge on any atom is 0.211 e. The van der Waals surface area contributed by atoms with E-state index in [0.29, 0.717) is 50.8 Å². The van der Waals surface area contributed by atoms with E-state index in [4.69, 9.17) is 0 Å². The van der Waals surface area contributed by atoms with Crippen LogP contribution >= 0.6 is 23.5 Å². The number of aliphatic hydroxyl groups excluding tert-OH is 4. The Morgan fingerprint density at radius 3 is 0.681 bits per heavy atom. The topological polar surface area (TPSA) is 122 Å². The molecule has 4 N–H and O–H groups in total. The summed E-state index contributed by atoms with van der Waals surface area (Å²) in [4.78, 5) is 30.6. The molecule has 91 heavy (non-hydrogen) atoms. The Balaban J connectivity index is 5.06. The highest BCUT2D eigenvalue weighted by Gasteiger charge is 2.19. The molecule has 0 heterocycles. The number of hydrogen-bond donors (Lipinski definition) is 4. The van der Waals surface area contributed by atoms with Crippen LogP contribution in [0.5, 0.6) is 0 Å². The van der Waals surface area contributed by atoms with Gasteiger partial charge in [-0.15, -0.1) is 0 Å². The van der Waals surface area contributed by atoms with Crippen molar-refractivity contribution in [2.45, 2.75) is 444 Å². The molecule has 0 aliphatic carbocycles. The third-order valence-electron chi connectivity index (χ3n) is 19.3. The first-order valence-corrected chi connectivity index (χ1v) is 42.8. The molecule has 4 atom stereocenters. The van der Waals surface area contributed by atoms with Crippen LogP contribution in [0.1, 0.15) is 419 Å². The fourth-order valence-corrected chi connectivity index (χ4v) is 14.8. The van der Waals surface area contributed by atoms with E-state index < -0.39 is 24.4 Å². The first-order valence-electron chi connectivity index (χ1n) is 40.8. The van der Waals surface area contributed by atoms with Gasteiger partial charge in [-0.05, 0) is 31.8 Å². The van der Waals surface area contributed by atoms with E-state index in [2.05, 4.69) is 37.5 Å². The van der Waals surface area contributed by atoms with Gasteiger partial charge in [-0.3, -0.25) is 19.4 Å². The molecule has 0 radical (unpaired) electrons. The zero-order valence-corrected chi connectivity index (χ0v) is 63.2. The molecule has 0 saturated carbocycles. The Morgan fingerprint density at radius 2 is 0.473 bits per heavy atom. The molecule has 4 unspecified atom stereocenters. The van der Waals surface area contributed by atoms with Gasteiger partial charge in [0.05, 0.1) is 24.4 Å². The van der Waals surface area contributed by atoms with Gasteiger partial charge in [0, 0.05) is 57.2 Å². The van der Waals surface area contributed by atoms with E-state index in [1.165, 1.54) is 338 Å². The van der Waals surface area contributed by atoms with Gasteiger partial charge in [0.15, 0.2) is 5.12 Å². The zero-order chi connectivity index (χ0) is 66.2. The highest BCUT2D eigenvalue weighted by molar-refractivity contribution is 8.14. The van der Waals surface area contributed by atoms with Crippen LogP contribution in [0.2, 0.25) is 0 Å². The molecule has 8 nitrogen and oxygen atoms in total. The lowest BCUT2D eigenvalue weighted by atomic mass is 10.0. The summed E-state index contributed by atoms with van der Waals surface area (Å²) in [7, 11) is 0. The number of rotatable bonds is 77. The summed E-state index contributed by atoms with van der Waals surface area (Å²) in [6, 6.07) is 0. The molecule has 0 amide bonds. The lowest BCUT2D eigenvalue weighted by molar-refractivity contribution is -0.110. The maximum atomic E-state index is 13.1. The van der Waals surface area contributed by atoms with Crippen molar-refractivity contribution < 1.29 is 30.0 Å². The Kier molecular flexibility index (Phi) is 74.9. The summed E-state index contributed by atoms with van der Waals surface area (Å²) in [6.07, 6.45) is 78.3. The molecule has 0 spiro atoms. The number of nitrogens with zero attached hydrogens (tertiary/aromatic N) is 2. The van der Waals surface area contributed by atoms with Gasteiger partial charge < -0.3 is 20.4 Å². The Morgan fingerprint density at radius 1 is 0.286 bits per heavy atom. The number of allylic oxidation sites excluding steroid dienone is 1. The molecule has 0 aromatic carbocycles. The predicted molar refractivity (Wildman–Crippen MR) is 405 cm³/mol. The van der Waals surface area contributed by atoms with Crippen molar-refractivity contribution in [3.05, 3.63) is 12.2 Å². The first kappa shape index (κ1) is 90.5. The molecular weight excluding hydrogens is 1160 g/mol. The maximum absolute atomic E-state index is 13.1. The van der Waals surface area contributed by atoms with Crippen molar-refractivity contribution in [1.29, 1.82) is 0 Å². The SMILES string of the molecule is CCCCCCCCCCCCCCCCC(O)CN(CCSC(=O)/C=C/CC(=O)SCCN(CC(O)CCCCCCCCCCCCCCCC)CC(O)CCCCCCCCCCCCCCCC)CC(O)CCCCCCCCCCCCCCCC. The molecule has 0 aliphatic heterocycles. The first-order chi connectivity index (χ1) is 44.6. The van der Waals surface area contributed by atoms with E-state index in [-0.39, 0.29) is 16.7 Å². The normalized spacial score (nSPS) is 13.4. The van der Waals surface area contributed by atoms with Gasteiger partial charge in [-0.25, -0.2) is 0 Å². The third kappa shape index (κ3) is 72.1. The molecule has 0 bridgehead atoms. The molecular formula is C81H160N2O6S2. The summed E-state index contributed by atoms with van der Waals surface area (Å²) < 4.78 is 0. The summed E-state index contributed by atoms with van der Waals surface area (Å²) in [5, 5.41) is 44.8. The number of carbonyl (C=O) groups is 2. The molecule has 0 aliphatic rings. The fourth-order valence-electron chi connectivity index (χ4n) is 13.3. The van der Waals surface area contributed by atoms with Gasteiger partial charge in [-0.1, -0.05) is 417 Å². The summed E-state index contributed by atoms with van der Waals surface area (Å²) in [5.74, 6) is 1.15. The zero-order valence-electron chi connectivity index (χ0n) is 61.6. The fraction of sp³-hybridized carbons (Fsp3) is 0.951. The van der Waals surface area contributed by atoms with Crippen LogP contribution in [0.15, 0.2) is 12.2 Å². The van der Waals surface area contributed by atoms with Crippen LogP contribution in [0, 0.1) is 0 Å². The minimum atomic E-state index is -0.450. The Labute approximate surface area is 577 Å². The van der Waals surface area contributed by atoms with Crippen LogP contribution in [0.25, 0.3) is 0 Å². The lowest BCUT2D eigenvalue weighted by Crippen LogP contribution is -2.39. The van der Waals surface area contributed by atoms with Crippen LogP contribution in [-0.4, -0.2) is 116 Å². The second-order valence-electron chi connectivity index (χ2n) is 28.7. The van der Waals surface area contributed by atoms with E-state index in [0.717, 1.165) is 77.0 Å². The minimum absolute atomic E-state index is 0.0201. The van der Waals surface area contributed by atoms with Crippen LogP contribution < -0.4 is 0 Å². The van der Waals surface area contributed by atoms with Crippen LogP contribution in [-0.2, 0) is 9.59 Å². The second-order valence-corrected chi connectivity index (χ2v) is 30.9. The number of thioether (sulfide) groups is 2. The van der Waals surface area contributed by atoms with E-state index >= 15 is 0 Å². The summed E-state index contributed by atoms with van der Waals surface area (Å²) in [5.41, 5.74) is 0. The van der Waals surface area contributed by atoms with Gasteiger partial charge in [0.1, 0.15) is 0 Å². The average Bonchev–Trinajstić information content (AvgIpc) is 3.75. The second kappa shape index (κ2) is 75.3. The molecule has 542 valence electrons. The molecule has 0 fully saturated rings.